The van der Waals surface area contributed by atoms with Crippen LogP contribution in [0.25, 0.3) is 17.5 Å². The van der Waals surface area contributed by atoms with Crippen molar-refractivity contribution in [1.29, 1.82) is 0 Å². The molecule has 0 saturated heterocycles. The molecule has 6 nitrogen and oxygen atoms in total. The number of aromatic nitrogens is 2. The predicted octanol–water partition coefficient (Wildman–Crippen LogP) is 3.83. The van der Waals surface area contributed by atoms with Crippen molar-refractivity contribution < 1.29 is 14.5 Å². The molecule has 1 aliphatic carbocycles. The summed E-state index contributed by atoms with van der Waals surface area (Å²) in [4.78, 5) is 9.90. The fourth-order valence-corrected chi connectivity index (χ4v) is 4.11. The van der Waals surface area contributed by atoms with E-state index in [0.29, 0.717) is 23.4 Å². The van der Waals surface area contributed by atoms with Crippen LogP contribution in [-0.2, 0) is 17.0 Å². The fraction of sp³-hybridized carbons (Fsp3) is 0.227. The minimum absolute atomic E-state index is 0.281. The third-order valence-electron chi connectivity index (χ3n) is 5.59. The molecule has 0 fully saturated rings. The summed E-state index contributed by atoms with van der Waals surface area (Å²) < 4.78 is 5.56. The van der Waals surface area contributed by atoms with E-state index in [1.165, 1.54) is 5.56 Å². The van der Waals surface area contributed by atoms with Crippen molar-refractivity contribution in [3.63, 3.8) is 0 Å². The van der Waals surface area contributed by atoms with Gasteiger partial charge >= 0.3 is 5.79 Å². The molecule has 1 aliphatic heterocycles. The number of benzene rings is 1. The monoisotopic (exact) mass is 373 g/mol. The lowest BCUT2D eigenvalue weighted by atomic mass is 9.76. The second kappa shape index (κ2) is 6.14. The maximum atomic E-state index is 11.4. The summed E-state index contributed by atoms with van der Waals surface area (Å²) >= 11 is 0. The zero-order chi connectivity index (χ0) is 19.3. The van der Waals surface area contributed by atoms with E-state index in [0.717, 1.165) is 23.3 Å². The summed E-state index contributed by atoms with van der Waals surface area (Å²) in [5.74, 6) is -1.71. The van der Waals surface area contributed by atoms with Crippen LogP contribution in [0.2, 0.25) is 0 Å². The number of hydrogen-bond donors (Lipinski definition) is 1. The summed E-state index contributed by atoms with van der Waals surface area (Å²) in [6.07, 6.45) is 5.03. The van der Waals surface area contributed by atoms with E-state index in [-0.39, 0.29) is 11.7 Å². The van der Waals surface area contributed by atoms with E-state index in [1.54, 1.807) is 6.20 Å². The summed E-state index contributed by atoms with van der Waals surface area (Å²) in [5.41, 5.74) is 5.97. The van der Waals surface area contributed by atoms with Crippen LogP contribution in [0, 0.1) is 12.8 Å². The number of hydrogen-bond acceptors (Lipinski definition) is 6. The van der Waals surface area contributed by atoms with E-state index in [1.807, 2.05) is 43.3 Å². The van der Waals surface area contributed by atoms with E-state index in [4.69, 9.17) is 9.36 Å². The lowest BCUT2D eigenvalue weighted by Gasteiger charge is -2.29. The molecule has 2 aliphatic rings. The van der Waals surface area contributed by atoms with Crippen LogP contribution in [0.5, 0.6) is 0 Å². The van der Waals surface area contributed by atoms with Crippen LogP contribution in [0.1, 0.15) is 34.4 Å². The highest BCUT2D eigenvalue weighted by molar-refractivity contribution is 6.05. The van der Waals surface area contributed by atoms with Gasteiger partial charge in [-0.05, 0) is 43.0 Å². The summed E-state index contributed by atoms with van der Waals surface area (Å²) in [7, 11) is 0. The predicted molar refractivity (Wildman–Crippen MR) is 104 cm³/mol. The van der Waals surface area contributed by atoms with Gasteiger partial charge in [-0.2, -0.15) is 0 Å². The van der Waals surface area contributed by atoms with Gasteiger partial charge in [0.2, 0.25) is 5.76 Å². The SMILES string of the molecule is C=Cc1ccc2c(c1)CCC1C2=NOC1(O)c1onc(-c2ccccn2)c1C. The molecule has 0 amide bonds. The van der Waals surface area contributed by atoms with Crippen LogP contribution in [0.3, 0.4) is 0 Å². The second-order valence-corrected chi connectivity index (χ2v) is 7.18. The Hall–Kier alpha value is -3.25. The Morgan fingerprint density at radius 2 is 2.18 bits per heavy atom. The van der Waals surface area contributed by atoms with Crippen molar-refractivity contribution in [2.75, 3.05) is 0 Å². The second-order valence-electron chi connectivity index (χ2n) is 7.18. The van der Waals surface area contributed by atoms with Crippen molar-refractivity contribution in [1.82, 2.24) is 10.1 Å². The van der Waals surface area contributed by atoms with E-state index >= 15 is 0 Å². The molecule has 2 aromatic heterocycles. The van der Waals surface area contributed by atoms with Gasteiger partial charge in [-0.3, -0.25) is 4.98 Å². The number of aryl methyl sites for hydroxylation is 1. The van der Waals surface area contributed by atoms with Crippen molar-refractivity contribution in [2.24, 2.45) is 11.1 Å². The minimum atomic E-state index is -1.67. The highest BCUT2D eigenvalue weighted by Crippen LogP contribution is 2.46. The standard InChI is InChI=1S/C22H19N3O3/c1-3-14-7-9-16-15(12-14)8-10-17-20(16)25-28-22(17,26)21-13(2)19(24-27-21)18-6-4-5-11-23-18/h3-7,9,11-12,17,26H,1,8,10H2,2H3. The lowest BCUT2D eigenvalue weighted by molar-refractivity contribution is -0.231. The molecular formula is C22H19N3O3. The van der Waals surface area contributed by atoms with Gasteiger partial charge in [0, 0.05) is 17.3 Å². The molecule has 1 aromatic carbocycles. The Morgan fingerprint density at radius 3 is 2.96 bits per heavy atom. The smallest absolute Gasteiger partial charge is 0.304 e. The Balaban J connectivity index is 1.53. The van der Waals surface area contributed by atoms with Crippen molar-refractivity contribution in [2.45, 2.75) is 25.6 Å². The van der Waals surface area contributed by atoms with Crippen LogP contribution in [0.4, 0.5) is 0 Å². The Kier molecular flexibility index (Phi) is 3.70. The molecular weight excluding hydrogens is 354 g/mol. The molecule has 2 unspecified atom stereocenters. The summed E-state index contributed by atoms with van der Waals surface area (Å²) in [6.45, 7) is 5.68. The zero-order valence-electron chi connectivity index (χ0n) is 15.4. The number of rotatable bonds is 3. The zero-order valence-corrected chi connectivity index (χ0v) is 15.4. The largest absolute Gasteiger partial charge is 0.353 e. The molecule has 3 aromatic rings. The number of nitrogens with zero attached hydrogens (tertiary/aromatic N) is 3. The van der Waals surface area contributed by atoms with Gasteiger partial charge in [0.25, 0.3) is 0 Å². The average molecular weight is 373 g/mol. The van der Waals surface area contributed by atoms with Crippen LogP contribution < -0.4 is 0 Å². The normalized spacial score (nSPS) is 22.8. The number of aliphatic hydroxyl groups is 1. The number of pyridine rings is 1. The lowest BCUT2D eigenvalue weighted by Crippen LogP contribution is -2.39. The molecule has 3 heterocycles. The summed E-state index contributed by atoms with van der Waals surface area (Å²) in [5, 5.41) is 19.8. The molecule has 2 atom stereocenters. The Bertz CT molecular complexity index is 1100. The summed E-state index contributed by atoms with van der Waals surface area (Å²) in [6, 6.07) is 11.7. The van der Waals surface area contributed by atoms with Gasteiger partial charge in [-0.25, -0.2) is 0 Å². The van der Waals surface area contributed by atoms with E-state index in [9.17, 15) is 5.11 Å². The maximum Gasteiger partial charge on any atom is 0.304 e. The topological polar surface area (TPSA) is 80.7 Å². The van der Waals surface area contributed by atoms with Crippen molar-refractivity contribution in [3.8, 4) is 11.4 Å². The Morgan fingerprint density at radius 1 is 1.29 bits per heavy atom. The van der Waals surface area contributed by atoms with Crippen LogP contribution in [-0.4, -0.2) is 21.0 Å². The first-order valence-electron chi connectivity index (χ1n) is 9.24. The minimum Gasteiger partial charge on any atom is -0.353 e. The van der Waals surface area contributed by atoms with Crippen molar-refractivity contribution in [3.05, 3.63) is 77.2 Å². The first-order chi connectivity index (χ1) is 13.6. The molecule has 6 heteroatoms. The van der Waals surface area contributed by atoms with Gasteiger partial charge in [0.05, 0.1) is 17.3 Å². The van der Waals surface area contributed by atoms with E-state index < -0.39 is 5.79 Å². The van der Waals surface area contributed by atoms with Gasteiger partial charge < -0.3 is 14.5 Å². The molecule has 0 radical (unpaired) electrons. The molecule has 140 valence electrons. The molecule has 0 bridgehead atoms. The van der Waals surface area contributed by atoms with Gasteiger partial charge in [0.1, 0.15) is 5.69 Å². The highest BCUT2D eigenvalue weighted by atomic mass is 16.7. The third-order valence-corrected chi connectivity index (χ3v) is 5.59. The molecule has 0 saturated carbocycles. The van der Waals surface area contributed by atoms with Crippen LogP contribution >= 0.6 is 0 Å². The van der Waals surface area contributed by atoms with Gasteiger partial charge in [-0.1, -0.05) is 47.2 Å². The van der Waals surface area contributed by atoms with Gasteiger partial charge in [0.15, 0.2) is 0 Å². The molecule has 5 rings (SSSR count). The number of fused-ring (bicyclic) bond motifs is 3. The molecule has 1 N–H and O–H groups in total. The first kappa shape index (κ1) is 16.9. The highest BCUT2D eigenvalue weighted by Gasteiger charge is 2.54. The first-order valence-corrected chi connectivity index (χ1v) is 9.24. The average Bonchev–Trinajstić information content (AvgIpc) is 3.29. The van der Waals surface area contributed by atoms with Crippen LogP contribution in [0.15, 0.2) is 58.9 Å². The molecule has 28 heavy (non-hydrogen) atoms. The fourth-order valence-electron chi connectivity index (χ4n) is 4.11. The number of oxime groups is 1. The quantitative estimate of drug-likeness (QED) is 0.755. The Labute approximate surface area is 162 Å². The maximum absolute atomic E-state index is 11.4. The van der Waals surface area contributed by atoms with Gasteiger partial charge in [-0.15, -0.1) is 0 Å². The molecule has 0 spiro atoms. The van der Waals surface area contributed by atoms with Crippen molar-refractivity contribution >= 4 is 11.8 Å². The third kappa shape index (κ3) is 2.34. The van der Waals surface area contributed by atoms with E-state index in [2.05, 4.69) is 27.9 Å².